The fraction of sp³-hybridized carbons (Fsp3) is 0.194. The highest BCUT2D eigenvalue weighted by Gasteiger charge is 2.51. The molecule has 1 fully saturated rings. The molecule has 4 aromatic rings. The van der Waals surface area contributed by atoms with Crippen molar-refractivity contribution in [2.24, 2.45) is 0 Å². The number of benzene rings is 3. The molecule has 220 valence electrons. The van der Waals surface area contributed by atoms with Crippen LogP contribution in [0, 0.1) is 4.64 Å². The average molecular weight is 603 g/mol. The second kappa shape index (κ2) is 13.3. The molecule has 3 aromatic carbocycles. The fourth-order valence-corrected chi connectivity index (χ4v) is 4.71. The van der Waals surface area contributed by atoms with Crippen LogP contribution in [-0.2, 0) is 18.9 Å². The van der Waals surface area contributed by atoms with Gasteiger partial charge in [0.2, 0.25) is 0 Å². The Labute approximate surface area is 250 Å². The van der Waals surface area contributed by atoms with E-state index in [1.165, 1.54) is 13.3 Å². The third-order valence-electron chi connectivity index (χ3n) is 6.61. The van der Waals surface area contributed by atoms with Crippen LogP contribution in [-0.4, -0.2) is 59.5 Å². The number of aromatic amines is 1. The summed E-state index contributed by atoms with van der Waals surface area (Å²) in [7, 11) is 1.37. The maximum absolute atomic E-state index is 13.3. The van der Waals surface area contributed by atoms with Gasteiger partial charge in [0.15, 0.2) is 28.8 Å². The van der Waals surface area contributed by atoms with Gasteiger partial charge in [0, 0.05) is 0 Å². The largest absolute Gasteiger partial charge is 0.492 e. The van der Waals surface area contributed by atoms with E-state index in [-0.39, 0.29) is 21.5 Å². The van der Waals surface area contributed by atoms with Crippen molar-refractivity contribution in [3.63, 3.8) is 0 Å². The van der Waals surface area contributed by atoms with Crippen molar-refractivity contribution in [3.8, 4) is 5.75 Å². The Kier molecular flexibility index (Phi) is 9.08. The molecule has 0 radical (unpaired) electrons. The molecule has 2 heterocycles. The Bertz CT molecular complexity index is 1710. The van der Waals surface area contributed by atoms with Gasteiger partial charge in [-0.25, -0.2) is 19.2 Å². The number of nitrogens with zero attached hydrogens (tertiary/aromatic N) is 1. The lowest BCUT2D eigenvalue weighted by atomic mass is 10.1. The van der Waals surface area contributed by atoms with E-state index in [1.807, 2.05) is 0 Å². The van der Waals surface area contributed by atoms with Gasteiger partial charge in [0.25, 0.3) is 0 Å². The maximum Gasteiger partial charge on any atom is 0.338 e. The summed E-state index contributed by atoms with van der Waals surface area (Å²) >= 11 is 5.16. The van der Waals surface area contributed by atoms with Crippen molar-refractivity contribution in [2.45, 2.75) is 24.5 Å². The molecule has 1 aliphatic rings. The third-order valence-corrected chi connectivity index (χ3v) is 6.91. The Morgan fingerprint density at radius 3 is 1.79 bits per heavy atom. The van der Waals surface area contributed by atoms with Crippen LogP contribution in [0.4, 0.5) is 0 Å². The molecule has 1 aliphatic heterocycles. The number of H-pyrrole nitrogens is 1. The first-order valence-electron chi connectivity index (χ1n) is 13.1. The molecule has 0 bridgehead atoms. The summed E-state index contributed by atoms with van der Waals surface area (Å²) in [6.07, 6.45) is -3.87. The molecule has 0 amide bonds. The summed E-state index contributed by atoms with van der Waals surface area (Å²) in [5, 5.41) is 0. The van der Waals surface area contributed by atoms with Gasteiger partial charge in [-0.2, -0.15) is 0 Å². The predicted octanol–water partition coefficient (Wildman–Crippen LogP) is 4.12. The molecule has 4 atom stereocenters. The van der Waals surface area contributed by atoms with Gasteiger partial charge in [0.05, 0.1) is 30.0 Å². The van der Waals surface area contributed by atoms with E-state index in [2.05, 4.69) is 4.98 Å². The number of ether oxygens (including phenoxy) is 5. The first-order valence-corrected chi connectivity index (χ1v) is 13.6. The molecule has 0 saturated carbocycles. The lowest BCUT2D eigenvalue weighted by molar-refractivity contribution is -0.0641. The van der Waals surface area contributed by atoms with Crippen molar-refractivity contribution in [1.29, 1.82) is 0 Å². The Morgan fingerprint density at radius 2 is 1.28 bits per heavy atom. The smallest absolute Gasteiger partial charge is 0.338 e. The summed E-state index contributed by atoms with van der Waals surface area (Å²) in [5.41, 5.74) is 0.0256. The molecule has 1 N–H and O–H groups in total. The number of esters is 3. The lowest BCUT2D eigenvalue weighted by Gasteiger charge is -2.25. The van der Waals surface area contributed by atoms with Gasteiger partial charge < -0.3 is 23.7 Å². The minimum Gasteiger partial charge on any atom is -0.492 e. The van der Waals surface area contributed by atoms with Crippen LogP contribution >= 0.6 is 12.2 Å². The van der Waals surface area contributed by atoms with Crippen molar-refractivity contribution in [3.05, 3.63) is 129 Å². The number of aromatic nitrogens is 2. The molecule has 0 unspecified atom stereocenters. The first kappa shape index (κ1) is 29.4. The lowest BCUT2D eigenvalue weighted by Crippen LogP contribution is -2.42. The summed E-state index contributed by atoms with van der Waals surface area (Å²) in [5.74, 6) is -2.01. The quantitative estimate of drug-likeness (QED) is 0.169. The van der Waals surface area contributed by atoms with E-state index < -0.39 is 54.7 Å². The average Bonchev–Trinajstić information content (AvgIpc) is 3.36. The zero-order valence-corrected chi connectivity index (χ0v) is 23.6. The standard InChI is InChI=1S/C31H26N2O9S/c1-38-22-17-33(31(37)32-26(22)43)27-25(42-30(36)21-15-9-4-10-16-21)24(41-29(35)20-13-7-3-8-14-20)23(40-27)18-39-28(34)19-11-5-2-6-12-19/h2-17,23-25,27H,18H2,1H3,(H,32,37,43)/t23-,24-,25-,27-/m1/s1. The van der Waals surface area contributed by atoms with Crippen molar-refractivity contribution >= 4 is 30.1 Å². The van der Waals surface area contributed by atoms with E-state index in [0.29, 0.717) is 5.56 Å². The van der Waals surface area contributed by atoms with Crippen LogP contribution in [0.1, 0.15) is 37.3 Å². The Morgan fingerprint density at radius 1 is 0.791 bits per heavy atom. The van der Waals surface area contributed by atoms with Gasteiger partial charge in [-0.15, -0.1) is 0 Å². The molecule has 12 heteroatoms. The fourth-order valence-electron chi connectivity index (χ4n) is 4.48. The van der Waals surface area contributed by atoms with Gasteiger partial charge in [-0.1, -0.05) is 66.8 Å². The van der Waals surface area contributed by atoms with E-state index >= 15 is 0 Å². The molecule has 1 aromatic heterocycles. The van der Waals surface area contributed by atoms with Crippen molar-refractivity contribution in [1.82, 2.24) is 9.55 Å². The maximum atomic E-state index is 13.3. The highest BCUT2D eigenvalue weighted by atomic mass is 32.1. The SMILES string of the molecule is COc1cn([C@@H]2O[C@H](COC(=O)c3ccccc3)[C@@H](OC(=O)c3ccccc3)[C@H]2OC(=O)c2ccccc2)c(=O)[nH]c1=S. The molecule has 1 saturated heterocycles. The Balaban J connectivity index is 1.53. The highest BCUT2D eigenvalue weighted by molar-refractivity contribution is 7.71. The second-order valence-electron chi connectivity index (χ2n) is 9.37. The number of methoxy groups -OCH3 is 1. The molecular formula is C31H26N2O9S. The van der Waals surface area contributed by atoms with Gasteiger partial charge in [0.1, 0.15) is 12.7 Å². The summed E-state index contributed by atoms with van der Waals surface area (Å²) < 4.78 is 29.8. The predicted molar refractivity (Wildman–Crippen MR) is 154 cm³/mol. The van der Waals surface area contributed by atoms with Crippen molar-refractivity contribution < 1.29 is 38.1 Å². The van der Waals surface area contributed by atoms with Crippen LogP contribution in [0.15, 0.2) is 102 Å². The van der Waals surface area contributed by atoms with E-state index in [4.69, 9.17) is 35.9 Å². The van der Waals surface area contributed by atoms with E-state index in [9.17, 15) is 19.2 Å². The number of rotatable bonds is 9. The number of hydrogen-bond donors (Lipinski definition) is 1. The monoisotopic (exact) mass is 602 g/mol. The van der Waals surface area contributed by atoms with Gasteiger partial charge in [-0.3, -0.25) is 9.55 Å². The molecular weight excluding hydrogens is 576 g/mol. The number of carbonyl (C=O) groups excluding carboxylic acids is 3. The second-order valence-corrected chi connectivity index (χ2v) is 9.77. The Hall–Kier alpha value is -5.07. The first-order chi connectivity index (χ1) is 20.9. The van der Waals surface area contributed by atoms with Gasteiger partial charge in [-0.05, 0) is 36.4 Å². The molecule has 11 nitrogen and oxygen atoms in total. The summed E-state index contributed by atoms with van der Waals surface area (Å²) in [4.78, 5) is 54.8. The van der Waals surface area contributed by atoms with Crippen LogP contribution in [0.2, 0.25) is 0 Å². The van der Waals surface area contributed by atoms with Crippen molar-refractivity contribution in [2.75, 3.05) is 13.7 Å². The third kappa shape index (κ3) is 6.71. The molecule has 43 heavy (non-hydrogen) atoms. The zero-order chi connectivity index (χ0) is 30.3. The van der Waals surface area contributed by atoms with Crippen LogP contribution in [0.5, 0.6) is 5.75 Å². The zero-order valence-electron chi connectivity index (χ0n) is 22.8. The van der Waals surface area contributed by atoms with E-state index in [1.54, 1.807) is 91.0 Å². The minimum atomic E-state index is -1.37. The summed E-state index contributed by atoms with van der Waals surface area (Å²) in [6, 6.07) is 24.6. The van der Waals surface area contributed by atoms with E-state index in [0.717, 1.165) is 4.57 Å². The van der Waals surface area contributed by atoms with Gasteiger partial charge >= 0.3 is 23.6 Å². The highest BCUT2D eigenvalue weighted by Crippen LogP contribution is 2.35. The topological polar surface area (TPSA) is 135 Å². The number of nitrogens with one attached hydrogen (secondary N) is 1. The molecule has 0 aliphatic carbocycles. The molecule has 5 rings (SSSR count). The number of hydrogen-bond acceptors (Lipinski definition) is 10. The van der Waals surface area contributed by atoms with Crippen LogP contribution in [0.25, 0.3) is 0 Å². The van der Waals surface area contributed by atoms with Crippen LogP contribution in [0.3, 0.4) is 0 Å². The van der Waals surface area contributed by atoms with Crippen LogP contribution < -0.4 is 10.4 Å². The number of carbonyl (C=O) groups is 3. The summed E-state index contributed by atoms with van der Waals surface area (Å²) in [6.45, 7) is -0.398. The molecule has 0 spiro atoms. The normalized spacial score (nSPS) is 19.3. The minimum absolute atomic E-state index is 0.0416.